The second-order valence-electron chi connectivity index (χ2n) is 3.12. The van der Waals surface area contributed by atoms with Crippen molar-refractivity contribution in [3.63, 3.8) is 0 Å². The molecule has 0 heterocycles. The fourth-order valence-corrected chi connectivity index (χ4v) is 1.72. The number of ketones is 1. The van der Waals surface area contributed by atoms with Crippen LogP contribution < -0.4 is 0 Å². The fraction of sp³-hybridized carbons (Fsp3) is 0. The Bertz CT molecular complexity index is 707. The molecule has 0 aliphatic heterocycles. The van der Waals surface area contributed by atoms with Gasteiger partial charge >= 0.3 is 0 Å². The van der Waals surface area contributed by atoms with Crippen molar-refractivity contribution in [2.45, 2.75) is 0 Å². The number of carbonyl (C=O) groups excluding carboxylic acids is 1. The highest BCUT2D eigenvalue weighted by molar-refractivity contribution is 6.21. The summed E-state index contributed by atoms with van der Waals surface area (Å²) >= 11 is 0. The third-order valence-electron chi connectivity index (χ3n) is 2.36. The Morgan fingerprint density at radius 3 is 2.29 bits per heavy atom. The number of hydrogen-bond acceptors (Lipinski definition) is 1. The molecule has 0 aromatic heterocycles. The van der Waals surface area contributed by atoms with Crippen LogP contribution in [0.15, 0.2) is 48.4 Å². The summed E-state index contributed by atoms with van der Waals surface area (Å²) in [4.78, 5) is 12.2. The van der Waals surface area contributed by atoms with Crippen LogP contribution in [-0.4, -0.2) is 5.78 Å². The van der Waals surface area contributed by atoms with Crippen LogP contribution in [0.4, 0.5) is 0 Å². The standard InChI is InChI=1S/C13H8O/c14-13-11-7-3-1-5-9(11)10-6-2-4-8-12(10)13/h1-8H/i1D,3D,5D,7D. The Labute approximate surface area is 87.6 Å². The summed E-state index contributed by atoms with van der Waals surface area (Å²) in [5, 5.41) is 0. The molecule has 0 radical (unpaired) electrons. The van der Waals surface area contributed by atoms with Crippen LogP contribution in [0.2, 0.25) is 0 Å². The average Bonchev–Trinajstić information content (AvgIpc) is 2.68. The van der Waals surface area contributed by atoms with Gasteiger partial charge in [-0.15, -0.1) is 0 Å². The first kappa shape index (κ1) is 4.56. The number of benzene rings is 2. The smallest absolute Gasteiger partial charge is 0.194 e. The Hall–Kier alpha value is -1.89. The summed E-state index contributed by atoms with van der Waals surface area (Å²) in [7, 11) is 0. The molecule has 0 unspecified atom stereocenters. The molecule has 0 bridgehead atoms. The highest BCUT2D eigenvalue weighted by Gasteiger charge is 2.24. The van der Waals surface area contributed by atoms with Crippen LogP contribution in [-0.2, 0) is 0 Å². The van der Waals surface area contributed by atoms with Crippen molar-refractivity contribution in [3.05, 3.63) is 59.6 Å². The fourth-order valence-electron chi connectivity index (χ4n) is 1.72. The van der Waals surface area contributed by atoms with Crippen LogP contribution in [0.3, 0.4) is 0 Å². The van der Waals surface area contributed by atoms with Crippen molar-refractivity contribution in [3.8, 4) is 11.1 Å². The second kappa shape index (κ2) is 2.55. The van der Waals surface area contributed by atoms with Gasteiger partial charge in [0.1, 0.15) is 0 Å². The van der Waals surface area contributed by atoms with Gasteiger partial charge in [-0.1, -0.05) is 48.4 Å². The number of carbonyl (C=O) groups is 1. The third-order valence-corrected chi connectivity index (χ3v) is 2.36. The Kier molecular flexibility index (Phi) is 0.830. The molecule has 0 amide bonds. The molecule has 0 N–H and O–H groups in total. The Morgan fingerprint density at radius 2 is 1.50 bits per heavy atom. The number of rotatable bonds is 0. The van der Waals surface area contributed by atoms with E-state index in [1.165, 1.54) is 0 Å². The van der Waals surface area contributed by atoms with Crippen molar-refractivity contribution in [1.29, 1.82) is 0 Å². The monoisotopic (exact) mass is 184 g/mol. The van der Waals surface area contributed by atoms with Crippen LogP contribution >= 0.6 is 0 Å². The van der Waals surface area contributed by atoms with E-state index >= 15 is 0 Å². The minimum Gasteiger partial charge on any atom is -0.289 e. The normalized spacial score (nSPS) is 16.4. The molecule has 1 heteroatoms. The second-order valence-corrected chi connectivity index (χ2v) is 3.12. The van der Waals surface area contributed by atoms with Gasteiger partial charge in [-0.25, -0.2) is 0 Å². The lowest BCUT2D eigenvalue weighted by Crippen LogP contribution is -1.93. The zero-order valence-corrected chi connectivity index (χ0v) is 7.22. The molecular weight excluding hydrogens is 172 g/mol. The molecule has 0 fully saturated rings. The molecule has 3 rings (SSSR count). The maximum Gasteiger partial charge on any atom is 0.194 e. The molecule has 1 nitrogen and oxygen atoms in total. The SMILES string of the molecule is [2H]c1c([2H])c([2H])c2c(c1[2H])C(=O)c1ccccc1-2. The van der Waals surface area contributed by atoms with E-state index in [1.807, 2.05) is 0 Å². The molecule has 0 saturated carbocycles. The van der Waals surface area contributed by atoms with Gasteiger partial charge in [0.2, 0.25) is 0 Å². The van der Waals surface area contributed by atoms with Crippen LogP contribution in [0.25, 0.3) is 11.1 Å². The van der Waals surface area contributed by atoms with E-state index in [1.54, 1.807) is 24.3 Å². The summed E-state index contributed by atoms with van der Waals surface area (Å²) in [6, 6.07) is 5.75. The van der Waals surface area contributed by atoms with E-state index in [0.717, 1.165) is 0 Å². The maximum absolute atomic E-state index is 12.2. The van der Waals surface area contributed by atoms with Crippen molar-refractivity contribution >= 4 is 5.78 Å². The lowest BCUT2D eigenvalue weighted by molar-refractivity contribution is 0.104. The Morgan fingerprint density at radius 1 is 0.857 bits per heavy atom. The van der Waals surface area contributed by atoms with Crippen LogP contribution in [0, 0.1) is 0 Å². The van der Waals surface area contributed by atoms with E-state index < -0.39 is 0 Å². The van der Waals surface area contributed by atoms with Crippen molar-refractivity contribution in [2.75, 3.05) is 0 Å². The lowest BCUT2D eigenvalue weighted by atomic mass is 10.1. The van der Waals surface area contributed by atoms with Crippen molar-refractivity contribution in [2.24, 2.45) is 0 Å². The largest absolute Gasteiger partial charge is 0.289 e. The van der Waals surface area contributed by atoms with Gasteiger partial charge < -0.3 is 0 Å². The highest BCUT2D eigenvalue weighted by atomic mass is 16.1. The van der Waals surface area contributed by atoms with Gasteiger partial charge in [0.15, 0.2) is 5.78 Å². The van der Waals surface area contributed by atoms with E-state index in [0.29, 0.717) is 16.7 Å². The minimum atomic E-state index is -0.361. The Balaban J connectivity index is 2.51. The average molecular weight is 184 g/mol. The van der Waals surface area contributed by atoms with E-state index in [4.69, 9.17) is 5.48 Å². The van der Waals surface area contributed by atoms with Crippen molar-refractivity contribution < 1.29 is 10.3 Å². The molecular formula is C13H8O. The lowest BCUT2D eigenvalue weighted by Gasteiger charge is -1.96. The van der Waals surface area contributed by atoms with Gasteiger partial charge in [0, 0.05) is 11.1 Å². The predicted molar refractivity (Wildman–Crippen MR) is 55.3 cm³/mol. The summed E-state index contributed by atoms with van der Waals surface area (Å²) in [5.74, 6) is -0.326. The molecule has 0 atom stereocenters. The highest BCUT2D eigenvalue weighted by Crippen LogP contribution is 2.35. The molecule has 14 heavy (non-hydrogen) atoms. The maximum atomic E-state index is 12.2. The third kappa shape index (κ3) is 0.814. The van der Waals surface area contributed by atoms with Gasteiger partial charge in [0.05, 0.1) is 5.48 Å². The minimum absolute atomic E-state index is 0.0854. The first-order valence-corrected chi connectivity index (χ1v) is 4.28. The zero-order valence-electron chi connectivity index (χ0n) is 11.2. The van der Waals surface area contributed by atoms with Crippen molar-refractivity contribution in [1.82, 2.24) is 0 Å². The molecule has 66 valence electrons. The van der Waals surface area contributed by atoms with E-state index in [9.17, 15) is 4.79 Å². The number of fused-ring (bicyclic) bond motifs is 3. The molecule has 1 aliphatic rings. The van der Waals surface area contributed by atoms with Crippen LogP contribution in [0.5, 0.6) is 0 Å². The van der Waals surface area contributed by atoms with Crippen LogP contribution in [0.1, 0.15) is 21.4 Å². The molecule has 0 spiro atoms. The predicted octanol–water partition coefficient (Wildman–Crippen LogP) is 2.90. The zero-order chi connectivity index (χ0) is 13.0. The first-order valence-electron chi connectivity index (χ1n) is 6.28. The molecule has 1 aliphatic carbocycles. The number of hydrogen-bond donors (Lipinski definition) is 0. The molecule has 2 aromatic carbocycles. The quantitative estimate of drug-likeness (QED) is 0.525. The van der Waals surface area contributed by atoms with Gasteiger partial charge in [-0.05, 0) is 11.1 Å². The first-order chi connectivity index (χ1) is 8.54. The van der Waals surface area contributed by atoms with Gasteiger partial charge in [0.25, 0.3) is 0 Å². The van der Waals surface area contributed by atoms with Gasteiger partial charge in [-0.2, -0.15) is 0 Å². The molecule has 0 saturated heterocycles. The summed E-state index contributed by atoms with van der Waals surface area (Å²) in [6.07, 6.45) is 0. The van der Waals surface area contributed by atoms with E-state index in [2.05, 4.69) is 0 Å². The summed E-state index contributed by atoms with van der Waals surface area (Å²) in [6.45, 7) is 0. The van der Waals surface area contributed by atoms with E-state index in [-0.39, 0.29) is 35.5 Å². The topological polar surface area (TPSA) is 17.1 Å². The summed E-state index contributed by atoms with van der Waals surface area (Å²) in [5.41, 5.74) is 1.44. The summed E-state index contributed by atoms with van der Waals surface area (Å²) < 4.78 is 31.0. The molecule has 2 aromatic rings. The van der Waals surface area contributed by atoms with Gasteiger partial charge in [-0.3, -0.25) is 4.79 Å².